The molecule has 1 heterocycles. The SMILES string of the molecule is Clc1nc(-c2ccc(-c3ccccc3)cc2)nc(-c2cccc(-c3cc(C4=CC=CCC4)cc(-c4ccccc4)c3)c2)n1. The van der Waals surface area contributed by atoms with E-state index in [9.17, 15) is 0 Å². The Balaban J connectivity index is 1.26. The number of hydrogen-bond acceptors (Lipinski definition) is 3. The average molecular weight is 574 g/mol. The Kier molecular flexibility index (Phi) is 7.47. The van der Waals surface area contributed by atoms with Crippen LogP contribution in [-0.2, 0) is 0 Å². The zero-order valence-electron chi connectivity index (χ0n) is 23.5. The van der Waals surface area contributed by atoms with Gasteiger partial charge in [-0.3, -0.25) is 0 Å². The van der Waals surface area contributed by atoms with Gasteiger partial charge in [0, 0.05) is 11.1 Å². The van der Waals surface area contributed by atoms with Gasteiger partial charge in [-0.15, -0.1) is 0 Å². The Morgan fingerprint density at radius 2 is 0.953 bits per heavy atom. The van der Waals surface area contributed by atoms with Gasteiger partial charge in [-0.05, 0) is 93.2 Å². The maximum Gasteiger partial charge on any atom is 0.226 e. The predicted octanol–water partition coefficient (Wildman–Crippen LogP) is 10.6. The van der Waals surface area contributed by atoms with Crippen molar-refractivity contribution in [3.05, 3.63) is 156 Å². The van der Waals surface area contributed by atoms with E-state index in [1.54, 1.807) is 0 Å². The molecule has 1 aliphatic rings. The molecule has 1 aliphatic carbocycles. The molecular weight excluding hydrogens is 546 g/mol. The van der Waals surface area contributed by atoms with Crippen molar-refractivity contribution < 1.29 is 0 Å². The summed E-state index contributed by atoms with van der Waals surface area (Å²) in [5.41, 5.74) is 11.3. The second-order valence-corrected chi connectivity index (χ2v) is 10.9. The van der Waals surface area contributed by atoms with Gasteiger partial charge in [-0.1, -0.05) is 121 Å². The highest BCUT2D eigenvalue weighted by Crippen LogP contribution is 2.35. The van der Waals surface area contributed by atoms with Crippen LogP contribution in [0.4, 0.5) is 0 Å². The van der Waals surface area contributed by atoms with Gasteiger partial charge in [-0.25, -0.2) is 4.98 Å². The first-order chi connectivity index (χ1) is 21.2. The molecule has 0 radical (unpaired) electrons. The van der Waals surface area contributed by atoms with Gasteiger partial charge in [0.15, 0.2) is 11.6 Å². The van der Waals surface area contributed by atoms with Crippen LogP contribution in [0.1, 0.15) is 18.4 Å². The van der Waals surface area contributed by atoms with Crippen LogP contribution < -0.4 is 0 Å². The van der Waals surface area contributed by atoms with E-state index in [2.05, 4.69) is 113 Å². The fourth-order valence-corrected chi connectivity index (χ4v) is 5.67. The smallest absolute Gasteiger partial charge is 0.208 e. The fraction of sp³-hybridized carbons (Fsp3) is 0.0513. The normalized spacial score (nSPS) is 12.6. The standard InChI is InChI=1S/C39H28ClN3/c40-39-42-37(31-21-19-30(20-22-31)27-11-4-1-5-12-27)41-38(43-39)33-18-10-17-32(23-33)36-25-34(28-13-6-2-7-14-28)24-35(26-36)29-15-8-3-9-16-29/h1-8,10-15,17-26H,9,16H2. The van der Waals surface area contributed by atoms with E-state index in [-0.39, 0.29) is 5.28 Å². The molecule has 0 aliphatic heterocycles. The lowest BCUT2D eigenvalue weighted by Crippen LogP contribution is -1.97. The topological polar surface area (TPSA) is 38.7 Å². The molecule has 0 N–H and O–H groups in total. The first-order valence-electron chi connectivity index (χ1n) is 14.4. The number of benzene rings is 5. The Hall–Kier alpha value is -5.12. The molecule has 0 unspecified atom stereocenters. The Morgan fingerprint density at radius 1 is 0.442 bits per heavy atom. The molecule has 0 amide bonds. The van der Waals surface area contributed by atoms with Crippen LogP contribution in [0, 0.1) is 0 Å². The first kappa shape index (κ1) is 26.8. The lowest BCUT2D eigenvalue weighted by atomic mass is 9.90. The quantitative estimate of drug-likeness (QED) is 0.199. The Bertz CT molecular complexity index is 1960. The van der Waals surface area contributed by atoms with Crippen molar-refractivity contribution in [2.75, 3.05) is 0 Å². The zero-order valence-corrected chi connectivity index (χ0v) is 24.2. The fourth-order valence-electron chi connectivity index (χ4n) is 5.51. The first-order valence-corrected chi connectivity index (χ1v) is 14.8. The third kappa shape index (κ3) is 5.94. The van der Waals surface area contributed by atoms with E-state index in [1.807, 2.05) is 42.5 Å². The molecule has 0 atom stereocenters. The molecule has 43 heavy (non-hydrogen) atoms. The maximum absolute atomic E-state index is 6.46. The highest BCUT2D eigenvalue weighted by atomic mass is 35.5. The Labute approximate surface area is 256 Å². The summed E-state index contributed by atoms with van der Waals surface area (Å²) in [6, 6.07) is 44.3. The van der Waals surface area contributed by atoms with Gasteiger partial charge in [0.05, 0.1) is 0 Å². The lowest BCUT2D eigenvalue weighted by molar-refractivity contribution is 1.05. The summed E-state index contributed by atoms with van der Waals surface area (Å²) in [4.78, 5) is 13.8. The lowest BCUT2D eigenvalue weighted by Gasteiger charge is -2.15. The number of aromatic nitrogens is 3. The van der Waals surface area contributed by atoms with Crippen LogP contribution in [0.15, 0.2) is 146 Å². The summed E-state index contributed by atoms with van der Waals surface area (Å²) in [5.74, 6) is 1.09. The zero-order chi connectivity index (χ0) is 29.0. The van der Waals surface area contributed by atoms with Crippen molar-refractivity contribution in [3.8, 4) is 56.2 Å². The van der Waals surface area contributed by atoms with Gasteiger partial charge in [0.1, 0.15) is 0 Å². The Morgan fingerprint density at radius 3 is 1.63 bits per heavy atom. The van der Waals surface area contributed by atoms with Gasteiger partial charge in [0.2, 0.25) is 5.28 Å². The van der Waals surface area contributed by atoms with Crippen molar-refractivity contribution in [2.45, 2.75) is 12.8 Å². The molecule has 0 saturated heterocycles. The van der Waals surface area contributed by atoms with Crippen LogP contribution in [0.2, 0.25) is 5.28 Å². The minimum absolute atomic E-state index is 0.170. The number of allylic oxidation sites excluding steroid dienone is 4. The molecule has 0 fully saturated rings. The maximum atomic E-state index is 6.46. The predicted molar refractivity (Wildman–Crippen MR) is 178 cm³/mol. The van der Waals surface area contributed by atoms with E-state index in [0.717, 1.165) is 46.2 Å². The monoisotopic (exact) mass is 573 g/mol. The van der Waals surface area contributed by atoms with Gasteiger partial charge >= 0.3 is 0 Å². The van der Waals surface area contributed by atoms with Crippen molar-refractivity contribution in [1.82, 2.24) is 15.0 Å². The number of hydrogen-bond donors (Lipinski definition) is 0. The highest BCUT2D eigenvalue weighted by Gasteiger charge is 2.13. The summed E-state index contributed by atoms with van der Waals surface area (Å²) in [5, 5.41) is 0.170. The summed E-state index contributed by atoms with van der Waals surface area (Å²) in [6.07, 6.45) is 8.71. The molecule has 6 aromatic rings. The van der Waals surface area contributed by atoms with E-state index in [4.69, 9.17) is 16.6 Å². The molecule has 0 bridgehead atoms. The van der Waals surface area contributed by atoms with Crippen molar-refractivity contribution >= 4 is 17.2 Å². The number of rotatable bonds is 6. The van der Waals surface area contributed by atoms with Gasteiger partial charge in [0.25, 0.3) is 0 Å². The molecule has 5 aromatic carbocycles. The third-order valence-electron chi connectivity index (χ3n) is 7.74. The van der Waals surface area contributed by atoms with E-state index in [1.165, 1.54) is 22.3 Å². The van der Waals surface area contributed by atoms with Crippen LogP contribution in [0.3, 0.4) is 0 Å². The molecule has 0 spiro atoms. The van der Waals surface area contributed by atoms with E-state index < -0.39 is 0 Å². The highest BCUT2D eigenvalue weighted by molar-refractivity contribution is 6.28. The summed E-state index contributed by atoms with van der Waals surface area (Å²) in [6.45, 7) is 0. The molecule has 7 rings (SSSR count). The molecule has 206 valence electrons. The summed E-state index contributed by atoms with van der Waals surface area (Å²) in [7, 11) is 0. The molecule has 1 aromatic heterocycles. The number of nitrogens with zero attached hydrogens (tertiary/aromatic N) is 3. The van der Waals surface area contributed by atoms with Gasteiger partial charge < -0.3 is 0 Å². The van der Waals surface area contributed by atoms with Crippen LogP contribution >= 0.6 is 11.6 Å². The minimum Gasteiger partial charge on any atom is -0.208 e. The van der Waals surface area contributed by atoms with Crippen LogP contribution in [-0.4, -0.2) is 15.0 Å². The van der Waals surface area contributed by atoms with Crippen molar-refractivity contribution in [1.29, 1.82) is 0 Å². The number of halogens is 1. The molecular formula is C39H28ClN3. The van der Waals surface area contributed by atoms with Crippen molar-refractivity contribution in [3.63, 3.8) is 0 Å². The van der Waals surface area contributed by atoms with Crippen LogP contribution in [0.25, 0.3) is 61.7 Å². The third-order valence-corrected chi connectivity index (χ3v) is 7.91. The second kappa shape index (κ2) is 12.0. The van der Waals surface area contributed by atoms with E-state index in [0.29, 0.717) is 11.6 Å². The average Bonchev–Trinajstić information content (AvgIpc) is 3.09. The summed E-state index contributed by atoms with van der Waals surface area (Å²) < 4.78 is 0. The van der Waals surface area contributed by atoms with Gasteiger partial charge in [-0.2, -0.15) is 9.97 Å². The van der Waals surface area contributed by atoms with Crippen molar-refractivity contribution in [2.24, 2.45) is 0 Å². The largest absolute Gasteiger partial charge is 0.226 e. The molecule has 3 nitrogen and oxygen atoms in total. The molecule has 4 heteroatoms. The van der Waals surface area contributed by atoms with E-state index >= 15 is 0 Å². The minimum atomic E-state index is 0.170. The molecule has 0 saturated carbocycles. The second-order valence-electron chi connectivity index (χ2n) is 10.6. The van der Waals surface area contributed by atoms with Crippen LogP contribution in [0.5, 0.6) is 0 Å². The summed E-state index contributed by atoms with van der Waals surface area (Å²) >= 11 is 6.46.